The van der Waals surface area contributed by atoms with Gasteiger partial charge < -0.3 is 5.32 Å². The van der Waals surface area contributed by atoms with Crippen LogP contribution in [0.25, 0.3) is 0 Å². The predicted octanol–water partition coefficient (Wildman–Crippen LogP) is 2.59. The summed E-state index contributed by atoms with van der Waals surface area (Å²) < 4.78 is 0. The molecule has 0 radical (unpaired) electrons. The fourth-order valence-corrected chi connectivity index (χ4v) is 2.49. The number of hydrogen-bond acceptors (Lipinski definition) is 4. The molecular weight excluding hydrogens is 298 g/mol. The largest absolute Gasteiger partial charge is 0.334 e. The maximum atomic E-state index is 11.9. The van der Waals surface area contributed by atoms with Crippen molar-refractivity contribution in [1.29, 1.82) is 0 Å². The molecule has 1 aromatic heterocycles. The first-order valence-electron chi connectivity index (χ1n) is 6.85. The van der Waals surface area contributed by atoms with Crippen molar-refractivity contribution in [3.8, 4) is 0 Å². The number of nitrogens with zero attached hydrogens (tertiary/aromatic N) is 1. The molecule has 114 valence electrons. The quantitative estimate of drug-likeness (QED) is 0.832. The fourth-order valence-electron chi connectivity index (χ4n) is 1.69. The van der Waals surface area contributed by atoms with E-state index in [1.807, 2.05) is 48.5 Å². The van der Waals surface area contributed by atoms with Crippen LogP contribution in [0.2, 0.25) is 0 Å². The zero-order valence-electron chi connectivity index (χ0n) is 12.2. The fraction of sp³-hybridized carbons (Fsp3) is 0.188. The average molecular weight is 315 g/mol. The summed E-state index contributed by atoms with van der Waals surface area (Å²) in [6.45, 7) is 2.11. The highest BCUT2D eigenvalue weighted by molar-refractivity contribution is 8.00. The number of carbonyl (C=O) groups excluding carboxylic acids is 2. The molecule has 22 heavy (non-hydrogen) atoms. The molecule has 2 rings (SSSR count). The van der Waals surface area contributed by atoms with Crippen LogP contribution in [0.15, 0.2) is 59.8 Å². The highest BCUT2D eigenvalue weighted by Gasteiger charge is 2.17. The molecule has 5 nitrogen and oxygen atoms in total. The second-order valence-corrected chi connectivity index (χ2v) is 5.95. The standard InChI is InChI=1S/C16H17N3O2S/c1-12(22-14-9-5-6-10-17-14)15(20)19-16(21)18-11-13-7-3-2-4-8-13/h2-10,12H,11H2,1H3,(H2,18,19,20,21)/t12-/m1/s1. The minimum Gasteiger partial charge on any atom is -0.334 e. The van der Waals surface area contributed by atoms with E-state index in [0.717, 1.165) is 10.6 Å². The molecule has 1 atom stereocenters. The molecule has 0 bridgehead atoms. The van der Waals surface area contributed by atoms with Crippen LogP contribution in [-0.2, 0) is 11.3 Å². The highest BCUT2D eigenvalue weighted by Crippen LogP contribution is 2.20. The number of thioether (sulfide) groups is 1. The third-order valence-corrected chi connectivity index (χ3v) is 3.89. The Kier molecular flexibility index (Phi) is 5.97. The van der Waals surface area contributed by atoms with Crippen molar-refractivity contribution in [2.75, 3.05) is 0 Å². The number of hydrogen-bond donors (Lipinski definition) is 2. The minimum atomic E-state index is -0.498. The van der Waals surface area contributed by atoms with Gasteiger partial charge >= 0.3 is 6.03 Å². The third-order valence-electron chi connectivity index (χ3n) is 2.84. The van der Waals surface area contributed by atoms with Gasteiger partial charge in [-0.3, -0.25) is 10.1 Å². The van der Waals surface area contributed by atoms with Crippen LogP contribution in [0, 0.1) is 0 Å². The summed E-state index contributed by atoms with van der Waals surface area (Å²) in [7, 11) is 0. The number of aromatic nitrogens is 1. The van der Waals surface area contributed by atoms with Crippen LogP contribution in [0.1, 0.15) is 12.5 Å². The smallest absolute Gasteiger partial charge is 0.321 e. The molecule has 0 aliphatic rings. The molecule has 6 heteroatoms. The van der Waals surface area contributed by atoms with Crippen molar-refractivity contribution in [2.45, 2.75) is 23.7 Å². The van der Waals surface area contributed by atoms with Gasteiger partial charge in [-0.15, -0.1) is 0 Å². The first-order valence-corrected chi connectivity index (χ1v) is 7.73. The maximum absolute atomic E-state index is 11.9. The molecule has 0 fully saturated rings. The summed E-state index contributed by atoms with van der Waals surface area (Å²) in [4.78, 5) is 27.8. The number of urea groups is 1. The van der Waals surface area contributed by atoms with E-state index in [4.69, 9.17) is 0 Å². The van der Waals surface area contributed by atoms with E-state index in [1.54, 1.807) is 13.1 Å². The van der Waals surface area contributed by atoms with Crippen LogP contribution in [0.5, 0.6) is 0 Å². The Morgan fingerprint density at radius 3 is 2.55 bits per heavy atom. The second-order valence-electron chi connectivity index (χ2n) is 4.59. The number of rotatable bonds is 5. The SMILES string of the molecule is C[C@@H](Sc1ccccn1)C(=O)NC(=O)NCc1ccccc1. The van der Waals surface area contributed by atoms with Crippen molar-refractivity contribution in [3.63, 3.8) is 0 Å². The van der Waals surface area contributed by atoms with Gasteiger partial charge in [0.05, 0.1) is 10.3 Å². The van der Waals surface area contributed by atoms with Gasteiger partial charge in [0.1, 0.15) is 0 Å². The van der Waals surface area contributed by atoms with Crippen LogP contribution in [0.3, 0.4) is 0 Å². The molecule has 0 unspecified atom stereocenters. The first kappa shape index (κ1) is 16.0. The van der Waals surface area contributed by atoms with E-state index >= 15 is 0 Å². The lowest BCUT2D eigenvalue weighted by Gasteiger charge is -2.11. The molecule has 3 amide bonds. The molecule has 2 aromatic rings. The number of benzene rings is 1. The summed E-state index contributed by atoms with van der Waals surface area (Å²) in [5, 5.41) is 5.33. The van der Waals surface area contributed by atoms with Crippen molar-refractivity contribution in [1.82, 2.24) is 15.6 Å². The summed E-state index contributed by atoms with van der Waals surface area (Å²) in [5.41, 5.74) is 0.973. The molecule has 0 aliphatic heterocycles. The van der Waals surface area contributed by atoms with Crippen molar-refractivity contribution < 1.29 is 9.59 Å². The molecule has 0 spiro atoms. The second kappa shape index (κ2) is 8.19. The van der Waals surface area contributed by atoms with Crippen molar-refractivity contribution >= 4 is 23.7 Å². The van der Waals surface area contributed by atoms with Gasteiger partial charge in [-0.1, -0.05) is 48.2 Å². The molecule has 1 heterocycles. The Morgan fingerprint density at radius 2 is 1.86 bits per heavy atom. The van der Waals surface area contributed by atoms with E-state index in [1.165, 1.54) is 11.8 Å². The Bertz CT molecular complexity index is 620. The molecule has 0 aliphatic carbocycles. The van der Waals surface area contributed by atoms with Gasteiger partial charge in [-0.2, -0.15) is 0 Å². The molecular formula is C16H17N3O2S. The molecule has 0 saturated heterocycles. The summed E-state index contributed by atoms with van der Waals surface area (Å²) >= 11 is 1.30. The lowest BCUT2D eigenvalue weighted by Crippen LogP contribution is -2.42. The Balaban J connectivity index is 1.77. The van der Waals surface area contributed by atoms with Gasteiger partial charge in [0.2, 0.25) is 5.91 Å². The number of amides is 3. The van der Waals surface area contributed by atoms with E-state index in [0.29, 0.717) is 6.54 Å². The highest BCUT2D eigenvalue weighted by atomic mass is 32.2. The summed E-state index contributed by atoms with van der Waals surface area (Å²) in [6, 6.07) is 14.5. The van der Waals surface area contributed by atoms with Gasteiger partial charge in [0, 0.05) is 12.7 Å². The Morgan fingerprint density at radius 1 is 1.14 bits per heavy atom. The topological polar surface area (TPSA) is 71.1 Å². The van der Waals surface area contributed by atoms with Crippen molar-refractivity contribution in [2.24, 2.45) is 0 Å². The average Bonchev–Trinajstić information content (AvgIpc) is 2.55. The van der Waals surface area contributed by atoms with Crippen LogP contribution in [-0.4, -0.2) is 22.2 Å². The minimum absolute atomic E-state index is 0.346. The van der Waals surface area contributed by atoms with E-state index in [-0.39, 0.29) is 5.91 Å². The lowest BCUT2D eigenvalue weighted by molar-refractivity contribution is -0.119. The monoisotopic (exact) mass is 315 g/mol. The number of pyridine rings is 1. The molecule has 1 aromatic carbocycles. The van der Waals surface area contributed by atoms with Gasteiger partial charge in [0.25, 0.3) is 0 Å². The molecule has 2 N–H and O–H groups in total. The summed E-state index contributed by atoms with van der Waals surface area (Å²) in [5.74, 6) is -0.346. The van der Waals surface area contributed by atoms with Crippen LogP contribution < -0.4 is 10.6 Å². The lowest BCUT2D eigenvalue weighted by atomic mass is 10.2. The first-order chi connectivity index (χ1) is 10.6. The normalized spacial score (nSPS) is 11.5. The van der Waals surface area contributed by atoms with E-state index < -0.39 is 11.3 Å². The Hall–Kier alpha value is -2.34. The van der Waals surface area contributed by atoms with Gasteiger partial charge in [0.15, 0.2) is 0 Å². The predicted molar refractivity (Wildman–Crippen MR) is 86.4 cm³/mol. The number of nitrogens with one attached hydrogen (secondary N) is 2. The number of carbonyl (C=O) groups is 2. The van der Waals surface area contributed by atoms with E-state index in [2.05, 4.69) is 15.6 Å². The molecule has 0 saturated carbocycles. The van der Waals surface area contributed by atoms with Crippen LogP contribution >= 0.6 is 11.8 Å². The summed E-state index contributed by atoms with van der Waals surface area (Å²) in [6.07, 6.45) is 1.67. The maximum Gasteiger partial charge on any atom is 0.321 e. The van der Waals surface area contributed by atoms with E-state index in [9.17, 15) is 9.59 Å². The van der Waals surface area contributed by atoms with Gasteiger partial charge in [-0.25, -0.2) is 9.78 Å². The number of imide groups is 1. The zero-order chi connectivity index (χ0) is 15.8. The Labute approximate surface area is 133 Å². The van der Waals surface area contributed by atoms with Crippen LogP contribution in [0.4, 0.5) is 4.79 Å². The third kappa shape index (κ3) is 5.21. The van der Waals surface area contributed by atoms with Gasteiger partial charge in [-0.05, 0) is 24.6 Å². The zero-order valence-corrected chi connectivity index (χ0v) is 13.0. The van der Waals surface area contributed by atoms with Crippen molar-refractivity contribution in [3.05, 3.63) is 60.3 Å².